The molecule has 2 aliphatic rings. The SMILES string of the molecule is c1cc(CCN2CCCNC3(CCCC3)C2)ccn1. The van der Waals surface area contributed by atoms with E-state index in [1.807, 2.05) is 12.4 Å². The fourth-order valence-electron chi connectivity index (χ4n) is 3.63. The second-order valence-electron chi connectivity index (χ2n) is 6.15. The molecule has 0 atom stereocenters. The van der Waals surface area contributed by atoms with Crippen molar-refractivity contribution in [1.29, 1.82) is 0 Å². The van der Waals surface area contributed by atoms with Crippen LogP contribution in [0.15, 0.2) is 24.5 Å². The molecule has 0 unspecified atom stereocenters. The monoisotopic (exact) mass is 259 g/mol. The van der Waals surface area contributed by atoms with Crippen LogP contribution >= 0.6 is 0 Å². The third-order valence-corrected chi connectivity index (χ3v) is 4.70. The predicted octanol–water partition coefficient (Wildman–Crippen LogP) is 2.23. The summed E-state index contributed by atoms with van der Waals surface area (Å²) in [4.78, 5) is 6.76. The summed E-state index contributed by atoms with van der Waals surface area (Å²) in [5, 5.41) is 3.83. The highest BCUT2D eigenvalue weighted by Gasteiger charge is 2.36. The summed E-state index contributed by atoms with van der Waals surface area (Å²) < 4.78 is 0. The lowest BCUT2D eigenvalue weighted by Crippen LogP contribution is -2.49. The zero-order valence-electron chi connectivity index (χ0n) is 11.8. The van der Waals surface area contributed by atoms with E-state index in [1.54, 1.807) is 0 Å². The molecule has 0 amide bonds. The lowest BCUT2D eigenvalue weighted by atomic mass is 9.97. The summed E-state index contributed by atoms with van der Waals surface area (Å²) >= 11 is 0. The minimum atomic E-state index is 0.439. The average molecular weight is 259 g/mol. The Morgan fingerprint density at radius 1 is 1.16 bits per heavy atom. The summed E-state index contributed by atoms with van der Waals surface area (Å²) in [6.07, 6.45) is 11.8. The Labute approximate surface area is 116 Å². The number of pyridine rings is 1. The second-order valence-corrected chi connectivity index (χ2v) is 6.15. The predicted molar refractivity (Wildman–Crippen MR) is 78.2 cm³/mol. The van der Waals surface area contributed by atoms with Crippen molar-refractivity contribution in [3.8, 4) is 0 Å². The molecule has 1 aromatic heterocycles. The van der Waals surface area contributed by atoms with Crippen molar-refractivity contribution in [2.75, 3.05) is 26.2 Å². The van der Waals surface area contributed by atoms with Crippen LogP contribution in [0.1, 0.15) is 37.7 Å². The van der Waals surface area contributed by atoms with E-state index in [-0.39, 0.29) is 0 Å². The van der Waals surface area contributed by atoms with E-state index in [9.17, 15) is 0 Å². The van der Waals surface area contributed by atoms with E-state index in [2.05, 4.69) is 27.3 Å². The van der Waals surface area contributed by atoms with Crippen LogP contribution in [-0.4, -0.2) is 41.6 Å². The second kappa shape index (κ2) is 6.02. The standard InChI is InChI=1S/C16H25N3/c1-2-8-16(7-1)14-19(12-3-9-18-16)13-6-15-4-10-17-11-5-15/h4-5,10-11,18H,1-3,6-9,12-14H2. The molecule has 1 aliphatic heterocycles. The summed E-state index contributed by atoms with van der Waals surface area (Å²) in [5.41, 5.74) is 1.85. The van der Waals surface area contributed by atoms with Crippen molar-refractivity contribution >= 4 is 0 Å². The highest BCUT2D eigenvalue weighted by molar-refractivity contribution is 5.10. The molecule has 2 fully saturated rings. The Morgan fingerprint density at radius 3 is 2.74 bits per heavy atom. The van der Waals surface area contributed by atoms with Gasteiger partial charge in [0.1, 0.15) is 0 Å². The van der Waals surface area contributed by atoms with Gasteiger partial charge >= 0.3 is 0 Å². The third kappa shape index (κ3) is 3.34. The molecule has 1 saturated heterocycles. The maximum absolute atomic E-state index is 4.09. The van der Waals surface area contributed by atoms with Gasteiger partial charge in [-0.05, 0) is 56.5 Å². The third-order valence-electron chi connectivity index (χ3n) is 4.70. The van der Waals surface area contributed by atoms with E-state index in [1.165, 1.54) is 63.8 Å². The van der Waals surface area contributed by atoms with E-state index in [0.717, 1.165) is 6.42 Å². The highest BCUT2D eigenvalue weighted by atomic mass is 15.2. The Bertz CT molecular complexity index is 384. The van der Waals surface area contributed by atoms with Crippen LogP contribution in [0.4, 0.5) is 0 Å². The van der Waals surface area contributed by atoms with Gasteiger partial charge in [0.2, 0.25) is 0 Å². The average Bonchev–Trinajstić information content (AvgIpc) is 2.80. The molecule has 2 heterocycles. The maximum atomic E-state index is 4.09. The minimum Gasteiger partial charge on any atom is -0.310 e. The maximum Gasteiger partial charge on any atom is 0.0308 e. The number of rotatable bonds is 3. The first-order chi connectivity index (χ1) is 9.36. The van der Waals surface area contributed by atoms with Crippen LogP contribution in [0, 0.1) is 0 Å². The van der Waals surface area contributed by atoms with Crippen LogP contribution in [-0.2, 0) is 6.42 Å². The summed E-state index contributed by atoms with van der Waals surface area (Å²) in [6, 6.07) is 4.28. The van der Waals surface area contributed by atoms with Gasteiger partial charge in [-0.25, -0.2) is 0 Å². The molecule has 1 N–H and O–H groups in total. The summed E-state index contributed by atoms with van der Waals surface area (Å²) in [6.45, 7) is 4.89. The number of nitrogens with one attached hydrogen (secondary N) is 1. The lowest BCUT2D eigenvalue weighted by Gasteiger charge is -2.33. The van der Waals surface area contributed by atoms with Crippen LogP contribution < -0.4 is 5.32 Å². The molecular formula is C16H25N3. The largest absolute Gasteiger partial charge is 0.310 e. The first kappa shape index (κ1) is 13.1. The Balaban J connectivity index is 1.57. The molecule has 1 spiro atoms. The molecule has 104 valence electrons. The normalized spacial score (nSPS) is 23.6. The lowest BCUT2D eigenvalue weighted by molar-refractivity contribution is 0.212. The Morgan fingerprint density at radius 2 is 1.95 bits per heavy atom. The zero-order valence-corrected chi connectivity index (χ0v) is 11.8. The molecule has 1 aliphatic carbocycles. The Hall–Kier alpha value is -0.930. The van der Waals surface area contributed by atoms with E-state index < -0.39 is 0 Å². The molecule has 1 aromatic rings. The first-order valence-electron chi connectivity index (χ1n) is 7.73. The van der Waals surface area contributed by atoms with E-state index in [0.29, 0.717) is 5.54 Å². The van der Waals surface area contributed by atoms with Crippen LogP contribution in [0.2, 0.25) is 0 Å². The topological polar surface area (TPSA) is 28.2 Å². The van der Waals surface area contributed by atoms with Crippen molar-refractivity contribution in [2.45, 2.75) is 44.1 Å². The van der Waals surface area contributed by atoms with Crippen molar-refractivity contribution in [3.05, 3.63) is 30.1 Å². The van der Waals surface area contributed by atoms with Crippen LogP contribution in [0.5, 0.6) is 0 Å². The van der Waals surface area contributed by atoms with Crippen LogP contribution in [0.25, 0.3) is 0 Å². The first-order valence-corrected chi connectivity index (χ1v) is 7.73. The molecule has 3 rings (SSSR count). The fourth-order valence-corrected chi connectivity index (χ4v) is 3.63. The number of hydrogen-bond acceptors (Lipinski definition) is 3. The number of aromatic nitrogens is 1. The van der Waals surface area contributed by atoms with Crippen molar-refractivity contribution in [2.24, 2.45) is 0 Å². The van der Waals surface area contributed by atoms with Gasteiger partial charge in [-0.15, -0.1) is 0 Å². The minimum absolute atomic E-state index is 0.439. The molecule has 3 nitrogen and oxygen atoms in total. The number of nitrogens with zero attached hydrogens (tertiary/aromatic N) is 2. The smallest absolute Gasteiger partial charge is 0.0308 e. The van der Waals surface area contributed by atoms with Gasteiger partial charge in [0.25, 0.3) is 0 Å². The highest BCUT2D eigenvalue weighted by Crippen LogP contribution is 2.31. The molecular weight excluding hydrogens is 234 g/mol. The van der Waals surface area contributed by atoms with Gasteiger partial charge in [0, 0.05) is 31.0 Å². The van der Waals surface area contributed by atoms with Gasteiger partial charge in [-0.2, -0.15) is 0 Å². The van der Waals surface area contributed by atoms with E-state index in [4.69, 9.17) is 0 Å². The van der Waals surface area contributed by atoms with Gasteiger partial charge in [0.05, 0.1) is 0 Å². The van der Waals surface area contributed by atoms with E-state index >= 15 is 0 Å². The molecule has 1 saturated carbocycles. The van der Waals surface area contributed by atoms with Crippen LogP contribution in [0.3, 0.4) is 0 Å². The van der Waals surface area contributed by atoms with Crippen molar-refractivity contribution in [3.63, 3.8) is 0 Å². The molecule has 3 heteroatoms. The number of hydrogen-bond donors (Lipinski definition) is 1. The van der Waals surface area contributed by atoms with Gasteiger partial charge < -0.3 is 10.2 Å². The van der Waals surface area contributed by atoms with Gasteiger partial charge in [-0.1, -0.05) is 12.8 Å². The molecule has 19 heavy (non-hydrogen) atoms. The fraction of sp³-hybridized carbons (Fsp3) is 0.688. The molecule has 0 radical (unpaired) electrons. The summed E-state index contributed by atoms with van der Waals surface area (Å²) in [5.74, 6) is 0. The van der Waals surface area contributed by atoms with Gasteiger partial charge in [-0.3, -0.25) is 4.98 Å². The van der Waals surface area contributed by atoms with Gasteiger partial charge in [0.15, 0.2) is 0 Å². The van der Waals surface area contributed by atoms with Crippen molar-refractivity contribution < 1.29 is 0 Å². The zero-order chi connectivity index (χ0) is 13.0. The summed E-state index contributed by atoms with van der Waals surface area (Å²) in [7, 11) is 0. The quantitative estimate of drug-likeness (QED) is 0.902. The molecule has 0 aromatic carbocycles. The molecule has 0 bridgehead atoms. The van der Waals surface area contributed by atoms with Crippen molar-refractivity contribution in [1.82, 2.24) is 15.2 Å². The Kier molecular flexibility index (Phi) is 4.14.